The van der Waals surface area contributed by atoms with Crippen molar-refractivity contribution in [3.8, 4) is 22.8 Å². The van der Waals surface area contributed by atoms with Crippen LogP contribution in [0.2, 0.25) is 24.2 Å². The van der Waals surface area contributed by atoms with Crippen LogP contribution in [0.1, 0.15) is 55.4 Å². The fraction of sp³-hybridized carbons (Fsp3) is 0.444. The second-order valence-electron chi connectivity index (χ2n) is 12.9. The SMILES string of the molecule is CC(C)C[Si](CC(C)C)c1ccc(-c2ccccn2)nc1.CC(C)C[Si](CC(C)C)c1ccc(-c2ccccn2)nc1.O.O.[Ru]. The van der Waals surface area contributed by atoms with E-state index in [4.69, 9.17) is 0 Å². The summed E-state index contributed by atoms with van der Waals surface area (Å²) in [6.45, 7) is 18.6. The molecular weight excluding hydrogens is 678 g/mol. The van der Waals surface area contributed by atoms with E-state index >= 15 is 0 Å². The van der Waals surface area contributed by atoms with Gasteiger partial charge in [0.15, 0.2) is 0 Å². The van der Waals surface area contributed by atoms with E-state index in [2.05, 4.69) is 112 Å². The van der Waals surface area contributed by atoms with Crippen molar-refractivity contribution in [2.75, 3.05) is 0 Å². The van der Waals surface area contributed by atoms with Gasteiger partial charge in [0.25, 0.3) is 0 Å². The standard InChI is InChI=1S/2C18H25N2Si.2H2O.Ru/c2*1-14(2)12-21(13-15(3)4)16-8-9-18(20-11-16)17-7-5-6-10-19-17;;;/h2*5-11,14-15H,12-13H2,1-4H3;2*1H2;. The van der Waals surface area contributed by atoms with Gasteiger partial charge in [-0.05, 0) is 70.4 Å². The zero-order valence-electron chi connectivity index (χ0n) is 28.4. The predicted octanol–water partition coefficient (Wildman–Crippen LogP) is 6.66. The summed E-state index contributed by atoms with van der Waals surface area (Å²) in [6, 6.07) is 26.0. The van der Waals surface area contributed by atoms with E-state index in [1.165, 1.54) is 34.5 Å². The first-order chi connectivity index (χ1) is 20.1. The summed E-state index contributed by atoms with van der Waals surface area (Å²) in [5.74, 6) is 3.03. The Balaban J connectivity index is 0.000000807. The molecule has 6 nitrogen and oxygen atoms in total. The molecule has 9 heteroatoms. The van der Waals surface area contributed by atoms with E-state index in [0.717, 1.165) is 46.4 Å². The fourth-order valence-electron chi connectivity index (χ4n) is 5.15. The van der Waals surface area contributed by atoms with Crippen LogP contribution < -0.4 is 10.4 Å². The molecular formula is C36H54N4O2RuSi2. The summed E-state index contributed by atoms with van der Waals surface area (Å²) in [4.78, 5) is 18.0. The molecule has 0 saturated heterocycles. The summed E-state index contributed by atoms with van der Waals surface area (Å²) in [6.07, 6.45) is 7.81. The van der Waals surface area contributed by atoms with Gasteiger partial charge in [0, 0.05) is 44.3 Å². The molecule has 0 fully saturated rings. The fourth-order valence-corrected chi connectivity index (χ4v) is 11.5. The van der Waals surface area contributed by atoms with Gasteiger partial charge >= 0.3 is 0 Å². The van der Waals surface area contributed by atoms with Crippen LogP contribution in [0.25, 0.3) is 22.8 Å². The molecule has 0 aliphatic heterocycles. The average Bonchev–Trinajstić information content (AvgIpc) is 2.97. The molecule has 0 aromatic carbocycles. The summed E-state index contributed by atoms with van der Waals surface area (Å²) < 4.78 is 0. The van der Waals surface area contributed by atoms with Gasteiger partial charge in [0.1, 0.15) is 0 Å². The van der Waals surface area contributed by atoms with Crippen molar-refractivity contribution in [2.45, 2.75) is 79.6 Å². The Morgan fingerprint density at radius 3 is 0.978 bits per heavy atom. The van der Waals surface area contributed by atoms with Crippen molar-refractivity contribution >= 4 is 28.0 Å². The quantitative estimate of drug-likeness (QED) is 0.152. The van der Waals surface area contributed by atoms with Crippen molar-refractivity contribution in [1.82, 2.24) is 19.9 Å². The molecule has 4 aromatic heterocycles. The van der Waals surface area contributed by atoms with E-state index in [-0.39, 0.29) is 30.4 Å². The number of pyridine rings is 4. The molecule has 0 saturated carbocycles. The van der Waals surface area contributed by atoms with Gasteiger partial charge in [-0.3, -0.25) is 19.9 Å². The molecule has 0 spiro atoms. The molecule has 45 heavy (non-hydrogen) atoms. The summed E-state index contributed by atoms with van der Waals surface area (Å²) in [7, 11) is -1.00. The zero-order chi connectivity index (χ0) is 30.5. The Kier molecular flexibility index (Phi) is 21.0. The summed E-state index contributed by atoms with van der Waals surface area (Å²) >= 11 is 0. The minimum Gasteiger partial charge on any atom is -0.412 e. The molecule has 0 amide bonds. The first kappa shape index (κ1) is 42.6. The monoisotopic (exact) mass is 732 g/mol. The van der Waals surface area contributed by atoms with E-state index in [9.17, 15) is 0 Å². The predicted molar refractivity (Wildman–Crippen MR) is 192 cm³/mol. The summed E-state index contributed by atoms with van der Waals surface area (Å²) in [5, 5.41) is 2.92. The minimum absolute atomic E-state index is 0. The van der Waals surface area contributed by atoms with Crippen LogP contribution >= 0.6 is 0 Å². The van der Waals surface area contributed by atoms with Crippen molar-refractivity contribution < 1.29 is 30.4 Å². The molecule has 2 radical (unpaired) electrons. The number of hydrogen-bond acceptors (Lipinski definition) is 4. The van der Waals surface area contributed by atoms with Crippen LogP contribution in [-0.2, 0) is 19.5 Å². The number of aromatic nitrogens is 4. The third kappa shape index (κ3) is 15.1. The Morgan fingerprint density at radius 2 is 0.756 bits per heavy atom. The van der Waals surface area contributed by atoms with Crippen molar-refractivity contribution in [3.63, 3.8) is 0 Å². The topological polar surface area (TPSA) is 115 Å². The maximum Gasteiger partial charge on any atom is 0.0886 e. The Bertz CT molecular complexity index is 1170. The van der Waals surface area contributed by atoms with Crippen molar-refractivity contribution in [2.24, 2.45) is 23.7 Å². The molecule has 4 N–H and O–H groups in total. The van der Waals surface area contributed by atoms with Gasteiger partial charge in [0.2, 0.25) is 0 Å². The Hall–Kier alpha value is -2.42. The van der Waals surface area contributed by atoms with E-state index in [1.807, 2.05) is 48.8 Å². The van der Waals surface area contributed by atoms with Crippen LogP contribution in [-0.4, -0.2) is 48.5 Å². The third-order valence-corrected chi connectivity index (χ3v) is 14.3. The van der Waals surface area contributed by atoms with Crippen LogP contribution in [0, 0.1) is 23.7 Å². The van der Waals surface area contributed by atoms with E-state index < -0.39 is 17.6 Å². The smallest absolute Gasteiger partial charge is 0.0886 e. The maximum atomic E-state index is 4.65. The van der Waals surface area contributed by atoms with E-state index in [1.54, 1.807) is 0 Å². The molecule has 0 atom stereocenters. The normalized spacial score (nSPS) is 10.8. The van der Waals surface area contributed by atoms with Gasteiger partial charge in [-0.25, -0.2) is 0 Å². The zero-order valence-corrected chi connectivity index (χ0v) is 32.1. The van der Waals surface area contributed by atoms with Crippen LogP contribution in [0.3, 0.4) is 0 Å². The summed E-state index contributed by atoms with van der Waals surface area (Å²) in [5.41, 5.74) is 3.83. The second-order valence-corrected chi connectivity index (χ2v) is 18.1. The molecule has 4 aromatic rings. The third-order valence-electron chi connectivity index (χ3n) is 6.82. The molecule has 4 heterocycles. The van der Waals surface area contributed by atoms with Crippen LogP contribution in [0.5, 0.6) is 0 Å². The van der Waals surface area contributed by atoms with Gasteiger partial charge in [0.05, 0.1) is 40.4 Å². The van der Waals surface area contributed by atoms with E-state index in [0.29, 0.717) is 0 Å². The molecule has 4 rings (SSSR count). The first-order valence-corrected chi connectivity index (χ1v) is 19.4. The van der Waals surface area contributed by atoms with Crippen molar-refractivity contribution in [3.05, 3.63) is 85.5 Å². The van der Waals surface area contributed by atoms with Crippen LogP contribution in [0.4, 0.5) is 0 Å². The average molecular weight is 732 g/mol. The van der Waals surface area contributed by atoms with Gasteiger partial charge < -0.3 is 11.0 Å². The molecule has 246 valence electrons. The number of nitrogens with zero attached hydrogens (tertiary/aromatic N) is 4. The Morgan fingerprint density at radius 1 is 0.444 bits per heavy atom. The Labute approximate surface area is 288 Å². The number of hydrogen-bond donors (Lipinski definition) is 0. The molecule has 0 aliphatic carbocycles. The van der Waals surface area contributed by atoms with Gasteiger partial charge in [-0.2, -0.15) is 0 Å². The number of rotatable bonds is 12. The van der Waals surface area contributed by atoms with Crippen molar-refractivity contribution in [1.29, 1.82) is 0 Å². The van der Waals surface area contributed by atoms with Crippen LogP contribution in [0.15, 0.2) is 85.5 Å². The first-order valence-electron chi connectivity index (χ1n) is 15.6. The second kappa shape index (κ2) is 22.2. The van der Waals surface area contributed by atoms with Gasteiger partial charge in [-0.1, -0.05) is 104 Å². The minimum atomic E-state index is -0.502. The largest absolute Gasteiger partial charge is 0.412 e. The molecule has 0 bridgehead atoms. The maximum absolute atomic E-state index is 4.65. The molecule has 0 unspecified atom stereocenters. The molecule has 0 aliphatic rings. The van der Waals surface area contributed by atoms with Gasteiger partial charge in [-0.15, -0.1) is 0 Å².